The number of rotatable bonds is 4. The molecule has 0 spiro atoms. The van der Waals surface area contributed by atoms with Crippen LogP contribution in [0.15, 0.2) is 64.2 Å². The summed E-state index contributed by atoms with van der Waals surface area (Å²) in [4.78, 5) is 16.6. The molecule has 0 aromatic heterocycles. The third-order valence-corrected chi connectivity index (χ3v) is 5.35. The van der Waals surface area contributed by atoms with Gasteiger partial charge in [0.2, 0.25) is 5.17 Å². The summed E-state index contributed by atoms with van der Waals surface area (Å²) >= 11 is 7.22. The van der Waals surface area contributed by atoms with E-state index in [4.69, 9.17) is 21.7 Å². The molecule has 0 unspecified atom stereocenters. The maximum Gasteiger partial charge on any atom is 0.283 e. The fourth-order valence-corrected chi connectivity index (χ4v) is 3.79. The van der Waals surface area contributed by atoms with Crippen molar-refractivity contribution < 1.29 is 9.53 Å². The second kappa shape index (κ2) is 7.61. The second-order valence-corrected chi connectivity index (χ2v) is 7.57. The van der Waals surface area contributed by atoms with E-state index in [2.05, 4.69) is 10.1 Å². The summed E-state index contributed by atoms with van der Waals surface area (Å²) in [5, 5.41) is 16.2. The molecule has 0 aliphatic carbocycles. The lowest BCUT2D eigenvalue weighted by Gasteiger charge is -2.20. The molecule has 0 bridgehead atoms. The number of hydrogen-bond acceptors (Lipinski definition) is 5. The van der Waals surface area contributed by atoms with E-state index in [1.807, 2.05) is 36.4 Å². The number of carbonyl (C=O) groups is 1. The van der Waals surface area contributed by atoms with E-state index in [1.54, 1.807) is 25.3 Å². The molecule has 1 amide bonds. The van der Waals surface area contributed by atoms with Gasteiger partial charge in [-0.05, 0) is 53.2 Å². The van der Waals surface area contributed by atoms with Gasteiger partial charge in [-0.25, -0.2) is 0 Å². The molecule has 2 aliphatic rings. The van der Waals surface area contributed by atoms with E-state index >= 15 is 0 Å². The van der Waals surface area contributed by atoms with Crippen LogP contribution in [0.4, 0.5) is 0 Å². The molecule has 8 heteroatoms. The number of halogens is 1. The Kier molecular flexibility index (Phi) is 5.02. The molecule has 6 nitrogen and oxygen atoms in total. The Labute approximate surface area is 171 Å². The quantitative estimate of drug-likeness (QED) is 0.766. The smallest absolute Gasteiger partial charge is 0.283 e. The normalized spacial score (nSPS) is 17.5. The van der Waals surface area contributed by atoms with Crippen molar-refractivity contribution in [2.45, 2.75) is 6.42 Å². The largest absolute Gasteiger partial charge is 0.497 e. The van der Waals surface area contributed by atoms with E-state index in [9.17, 15) is 4.79 Å². The van der Waals surface area contributed by atoms with Gasteiger partial charge in [-0.2, -0.15) is 15.1 Å². The Morgan fingerprint density at radius 1 is 1.18 bits per heavy atom. The number of ether oxygens (including phenoxy) is 1. The van der Waals surface area contributed by atoms with Crippen LogP contribution in [0, 0.1) is 5.41 Å². The molecule has 2 aliphatic heterocycles. The SMILES string of the molecule is COc1ccc(/C=C2/C(=N)N3N=C(Cc4ccc(Cl)cc4)SC3=NC2=O)cc1. The first-order valence-corrected chi connectivity index (χ1v) is 9.60. The molecule has 0 saturated heterocycles. The average Bonchev–Trinajstić information content (AvgIpc) is 3.10. The van der Waals surface area contributed by atoms with Crippen LogP contribution in [-0.4, -0.2) is 34.1 Å². The van der Waals surface area contributed by atoms with E-state index in [0.717, 1.165) is 21.9 Å². The van der Waals surface area contributed by atoms with Crippen LogP contribution >= 0.6 is 23.4 Å². The van der Waals surface area contributed by atoms with Crippen molar-refractivity contribution in [3.8, 4) is 5.75 Å². The number of thioether (sulfide) groups is 1. The highest BCUT2D eigenvalue weighted by molar-refractivity contribution is 8.26. The first-order valence-electron chi connectivity index (χ1n) is 8.41. The summed E-state index contributed by atoms with van der Waals surface area (Å²) in [6.45, 7) is 0. The summed E-state index contributed by atoms with van der Waals surface area (Å²) < 4.78 is 5.14. The Morgan fingerprint density at radius 2 is 1.89 bits per heavy atom. The Hall–Kier alpha value is -2.90. The molecule has 0 atom stereocenters. The number of amidine groups is 2. The van der Waals surface area contributed by atoms with E-state index in [-0.39, 0.29) is 11.4 Å². The topological polar surface area (TPSA) is 78.1 Å². The van der Waals surface area contributed by atoms with Gasteiger partial charge in [0.05, 0.1) is 12.7 Å². The first kappa shape index (κ1) is 18.5. The molecular formula is C20H15ClN4O2S. The van der Waals surface area contributed by atoms with Crippen molar-refractivity contribution in [2.75, 3.05) is 7.11 Å². The van der Waals surface area contributed by atoms with Crippen molar-refractivity contribution in [1.29, 1.82) is 5.41 Å². The van der Waals surface area contributed by atoms with Crippen molar-refractivity contribution in [3.05, 3.63) is 70.3 Å². The van der Waals surface area contributed by atoms with Gasteiger partial charge < -0.3 is 4.74 Å². The molecule has 2 heterocycles. The molecule has 140 valence electrons. The highest BCUT2D eigenvalue weighted by Gasteiger charge is 2.35. The van der Waals surface area contributed by atoms with Gasteiger partial charge in [-0.3, -0.25) is 10.2 Å². The number of hydrogen-bond donors (Lipinski definition) is 1. The number of methoxy groups -OCH3 is 1. The summed E-state index contributed by atoms with van der Waals surface area (Å²) in [5.74, 6) is 0.298. The number of fused-ring (bicyclic) bond motifs is 1. The van der Waals surface area contributed by atoms with E-state index < -0.39 is 5.91 Å². The Bertz CT molecular complexity index is 1040. The van der Waals surface area contributed by atoms with Crippen molar-refractivity contribution >= 4 is 51.4 Å². The highest BCUT2D eigenvalue weighted by Crippen LogP contribution is 2.30. The molecule has 0 fully saturated rings. The molecule has 2 aromatic carbocycles. The number of nitrogens with zero attached hydrogens (tertiary/aromatic N) is 3. The molecule has 0 radical (unpaired) electrons. The fraction of sp³-hybridized carbons (Fsp3) is 0.100. The summed E-state index contributed by atoms with van der Waals surface area (Å²) in [6.07, 6.45) is 2.22. The number of nitrogens with one attached hydrogen (secondary N) is 1. The third kappa shape index (κ3) is 3.72. The predicted octanol–water partition coefficient (Wildman–Crippen LogP) is 4.21. The minimum atomic E-state index is -0.442. The third-order valence-electron chi connectivity index (χ3n) is 4.19. The van der Waals surface area contributed by atoms with E-state index in [0.29, 0.717) is 16.6 Å². The van der Waals surface area contributed by atoms with Crippen molar-refractivity contribution in [1.82, 2.24) is 5.01 Å². The number of benzene rings is 2. The highest BCUT2D eigenvalue weighted by atomic mass is 35.5. The standard InChI is InChI=1S/C20H15ClN4O2S/c1-27-15-8-4-12(5-9-15)10-16-18(22)25-20(23-19(16)26)28-17(24-25)11-13-2-6-14(21)7-3-13/h2-10,22H,11H2,1H3/b16-10-,22-18?. The van der Waals surface area contributed by atoms with Crippen LogP contribution in [0.2, 0.25) is 5.02 Å². The fourth-order valence-electron chi connectivity index (χ4n) is 2.75. The summed E-state index contributed by atoms with van der Waals surface area (Å²) in [6, 6.07) is 14.7. The van der Waals surface area contributed by atoms with Crippen molar-refractivity contribution in [2.24, 2.45) is 10.1 Å². The molecule has 0 saturated carbocycles. The van der Waals surface area contributed by atoms with Gasteiger partial charge in [0.15, 0.2) is 5.84 Å². The van der Waals surface area contributed by atoms with Gasteiger partial charge in [0, 0.05) is 11.4 Å². The number of amides is 1. The zero-order valence-corrected chi connectivity index (χ0v) is 16.4. The van der Waals surface area contributed by atoms with Crippen LogP contribution in [-0.2, 0) is 11.2 Å². The Balaban J connectivity index is 1.57. The lowest BCUT2D eigenvalue weighted by atomic mass is 10.1. The van der Waals surface area contributed by atoms with Crippen LogP contribution in [0.3, 0.4) is 0 Å². The van der Waals surface area contributed by atoms with Gasteiger partial charge in [0.1, 0.15) is 10.8 Å². The van der Waals surface area contributed by atoms with Crippen LogP contribution in [0.1, 0.15) is 11.1 Å². The maximum atomic E-state index is 12.5. The van der Waals surface area contributed by atoms with Crippen molar-refractivity contribution in [3.63, 3.8) is 0 Å². The molecule has 2 aromatic rings. The van der Waals surface area contributed by atoms with Gasteiger partial charge in [0.25, 0.3) is 5.91 Å². The van der Waals surface area contributed by atoms with Crippen LogP contribution < -0.4 is 4.74 Å². The van der Waals surface area contributed by atoms with Gasteiger partial charge >= 0.3 is 0 Å². The zero-order chi connectivity index (χ0) is 19.7. The lowest BCUT2D eigenvalue weighted by Crippen LogP contribution is -2.35. The molecule has 28 heavy (non-hydrogen) atoms. The van der Waals surface area contributed by atoms with Gasteiger partial charge in [-0.1, -0.05) is 35.9 Å². The Morgan fingerprint density at radius 3 is 2.57 bits per heavy atom. The van der Waals surface area contributed by atoms with E-state index in [1.165, 1.54) is 16.8 Å². The maximum absolute atomic E-state index is 12.5. The summed E-state index contributed by atoms with van der Waals surface area (Å²) in [5.41, 5.74) is 2.03. The minimum absolute atomic E-state index is 0.0180. The number of hydrazone groups is 1. The minimum Gasteiger partial charge on any atom is -0.497 e. The summed E-state index contributed by atoms with van der Waals surface area (Å²) in [7, 11) is 1.59. The zero-order valence-electron chi connectivity index (χ0n) is 14.8. The first-order chi connectivity index (χ1) is 13.5. The number of carbonyl (C=O) groups excluding carboxylic acids is 1. The van der Waals surface area contributed by atoms with Gasteiger partial charge in [-0.15, -0.1) is 0 Å². The number of aliphatic imine (C=N–C) groups is 1. The molecular weight excluding hydrogens is 396 g/mol. The average molecular weight is 411 g/mol. The molecule has 4 rings (SSSR count). The van der Waals surface area contributed by atoms with Crippen LogP contribution in [0.25, 0.3) is 6.08 Å². The monoisotopic (exact) mass is 410 g/mol. The van der Waals surface area contributed by atoms with Crippen LogP contribution in [0.5, 0.6) is 5.75 Å². The molecule has 1 N–H and O–H groups in total. The predicted molar refractivity (Wildman–Crippen MR) is 113 cm³/mol. The second-order valence-electron chi connectivity index (χ2n) is 6.09. The lowest BCUT2D eigenvalue weighted by molar-refractivity contribution is -0.114.